The number of ether oxygens (including phenoxy) is 2. The van der Waals surface area contributed by atoms with Gasteiger partial charge in [0.15, 0.2) is 0 Å². The Morgan fingerprint density at radius 3 is 1.32 bits per heavy atom. The van der Waals surface area contributed by atoms with Gasteiger partial charge in [0.25, 0.3) is 0 Å². The molecule has 10 heteroatoms. The SMILES string of the molecule is O=C(CC(=O)N/N=C/c1ccccc1OC(=O)c1ccccc1)N/N=C\c1ccccc1OC(=O)c1ccccc1. The molecular formula is C31H24N4O6. The van der Waals surface area contributed by atoms with Crippen LogP contribution in [0.5, 0.6) is 11.5 Å². The molecule has 0 radical (unpaired) electrons. The molecule has 0 aliphatic rings. The van der Waals surface area contributed by atoms with Gasteiger partial charge in [0.1, 0.15) is 17.9 Å². The lowest BCUT2D eigenvalue weighted by molar-refractivity contribution is -0.129. The smallest absolute Gasteiger partial charge is 0.343 e. The summed E-state index contributed by atoms with van der Waals surface area (Å²) in [5, 5.41) is 7.69. The molecule has 0 aromatic heterocycles. The molecule has 0 fully saturated rings. The fraction of sp³-hybridized carbons (Fsp3) is 0.0323. The molecule has 0 atom stereocenters. The minimum absolute atomic E-state index is 0.251. The first-order valence-corrected chi connectivity index (χ1v) is 12.4. The lowest BCUT2D eigenvalue weighted by atomic mass is 10.2. The molecule has 2 N–H and O–H groups in total. The van der Waals surface area contributed by atoms with Gasteiger partial charge in [0, 0.05) is 11.1 Å². The number of benzene rings is 4. The normalized spacial score (nSPS) is 10.7. The topological polar surface area (TPSA) is 136 Å². The quantitative estimate of drug-likeness (QED) is 0.101. The number of amides is 2. The van der Waals surface area contributed by atoms with Crippen molar-refractivity contribution in [1.29, 1.82) is 0 Å². The van der Waals surface area contributed by atoms with Crippen molar-refractivity contribution in [3.05, 3.63) is 131 Å². The van der Waals surface area contributed by atoms with Crippen LogP contribution in [-0.4, -0.2) is 36.2 Å². The van der Waals surface area contributed by atoms with E-state index in [4.69, 9.17) is 9.47 Å². The summed E-state index contributed by atoms with van der Waals surface area (Å²) in [6, 6.07) is 30.3. The van der Waals surface area contributed by atoms with Crippen molar-refractivity contribution >= 4 is 36.2 Å². The summed E-state index contributed by atoms with van der Waals surface area (Å²) >= 11 is 0. The highest BCUT2D eigenvalue weighted by Crippen LogP contribution is 2.19. The van der Waals surface area contributed by atoms with E-state index < -0.39 is 30.2 Å². The maximum absolute atomic E-state index is 12.4. The standard InChI is InChI=1S/C31H24N4O6/c36-28(34-32-20-24-15-7-9-17-26(24)40-30(38)22-11-3-1-4-12-22)19-29(37)35-33-21-25-16-8-10-18-27(25)41-31(39)23-13-5-2-6-14-23/h1-18,20-21H,19H2,(H,34,36)(H,35,37)/b32-20-,33-21+. The van der Waals surface area contributed by atoms with E-state index in [-0.39, 0.29) is 11.5 Å². The highest BCUT2D eigenvalue weighted by molar-refractivity contribution is 5.98. The molecule has 0 aliphatic heterocycles. The van der Waals surface area contributed by atoms with Crippen LogP contribution in [0.2, 0.25) is 0 Å². The zero-order valence-corrected chi connectivity index (χ0v) is 21.6. The number of hydrogen-bond acceptors (Lipinski definition) is 8. The molecule has 4 aromatic carbocycles. The van der Waals surface area contributed by atoms with Crippen molar-refractivity contribution in [2.45, 2.75) is 6.42 Å². The van der Waals surface area contributed by atoms with Gasteiger partial charge < -0.3 is 9.47 Å². The van der Waals surface area contributed by atoms with E-state index in [0.29, 0.717) is 22.3 Å². The molecule has 0 spiro atoms. The number of rotatable bonds is 10. The van der Waals surface area contributed by atoms with E-state index in [1.807, 2.05) is 0 Å². The van der Waals surface area contributed by atoms with E-state index in [9.17, 15) is 19.2 Å². The Morgan fingerprint density at radius 1 is 0.537 bits per heavy atom. The second kappa shape index (κ2) is 14.3. The van der Waals surface area contributed by atoms with Crippen molar-refractivity contribution in [2.75, 3.05) is 0 Å². The number of hydrogen-bond donors (Lipinski definition) is 2. The Kier molecular flexibility index (Phi) is 9.81. The third-order valence-corrected chi connectivity index (χ3v) is 5.37. The number of para-hydroxylation sites is 2. The van der Waals surface area contributed by atoms with E-state index in [2.05, 4.69) is 21.1 Å². The Hall–Kier alpha value is -5.90. The molecule has 0 bridgehead atoms. The van der Waals surface area contributed by atoms with E-state index in [1.54, 1.807) is 109 Å². The second-order valence-corrected chi connectivity index (χ2v) is 8.35. The average Bonchev–Trinajstić information content (AvgIpc) is 2.99. The first-order valence-electron chi connectivity index (χ1n) is 12.4. The number of hydrazone groups is 2. The molecule has 4 rings (SSSR count). The number of nitrogens with zero attached hydrogens (tertiary/aromatic N) is 2. The summed E-state index contributed by atoms with van der Waals surface area (Å²) in [5.74, 6) is -1.95. The van der Waals surface area contributed by atoms with Gasteiger partial charge in [0.05, 0.1) is 23.6 Å². The molecule has 204 valence electrons. The molecule has 41 heavy (non-hydrogen) atoms. The van der Waals surface area contributed by atoms with Gasteiger partial charge in [-0.2, -0.15) is 10.2 Å². The monoisotopic (exact) mass is 548 g/mol. The average molecular weight is 549 g/mol. The first kappa shape index (κ1) is 28.1. The third-order valence-electron chi connectivity index (χ3n) is 5.37. The Balaban J connectivity index is 1.27. The van der Waals surface area contributed by atoms with Gasteiger partial charge in [-0.1, -0.05) is 60.7 Å². The summed E-state index contributed by atoms with van der Waals surface area (Å²) in [4.78, 5) is 49.0. The van der Waals surface area contributed by atoms with Gasteiger partial charge in [-0.15, -0.1) is 0 Å². The van der Waals surface area contributed by atoms with Crippen LogP contribution in [-0.2, 0) is 9.59 Å². The maximum atomic E-state index is 12.4. The minimum Gasteiger partial charge on any atom is -0.422 e. The zero-order valence-electron chi connectivity index (χ0n) is 21.6. The molecule has 0 unspecified atom stereocenters. The third kappa shape index (κ3) is 8.55. The van der Waals surface area contributed by atoms with Crippen LogP contribution in [0.25, 0.3) is 0 Å². The van der Waals surface area contributed by atoms with E-state index in [1.165, 1.54) is 12.4 Å². The van der Waals surface area contributed by atoms with Gasteiger partial charge in [-0.25, -0.2) is 20.4 Å². The summed E-state index contributed by atoms with van der Waals surface area (Å²) in [6.07, 6.45) is 2.05. The molecular weight excluding hydrogens is 524 g/mol. The lowest BCUT2D eigenvalue weighted by Crippen LogP contribution is -2.27. The van der Waals surface area contributed by atoms with Crippen LogP contribution in [0.15, 0.2) is 119 Å². The number of nitrogens with one attached hydrogen (secondary N) is 2. The highest BCUT2D eigenvalue weighted by Gasteiger charge is 2.12. The number of carbonyl (C=O) groups excluding carboxylic acids is 4. The van der Waals surface area contributed by atoms with Crippen molar-refractivity contribution in [3.8, 4) is 11.5 Å². The molecule has 4 aromatic rings. The second-order valence-electron chi connectivity index (χ2n) is 8.35. The first-order chi connectivity index (χ1) is 20.0. The van der Waals surface area contributed by atoms with Crippen LogP contribution in [0.1, 0.15) is 38.3 Å². The lowest BCUT2D eigenvalue weighted by Gasteiger charge is -2.07. The summed E-state index contributed by atoms with van der Waals surface area (Å²) in [7, 11) is 0. The largest absolute Gasteiger partial charge is 0.422 e. The van der Waals surface area contributed by atoms with Gasteiger partial charge >= 0.3 is 11.9 Å². The van der Waals surface area contributed by atoms with Crippen LogP contribution < -0.4 is 20.3 Å². The fourth-order valence-electron chi connectivity index (χ4n) is 3.40. The number of esters is 2. The molecule has 0 saturated carbocycles. The highest BCUT2D eigenvalue weighted by atomic mass is 16.5. The molecule has 10 nitrogen and oxygen atoms in total. The molecule has 2 amide bonds. The predicted molar refractivity (Wildman–Crippen MR) is 152 cm³/mol. The Morgan fingerprint density at radius 2 is 0.902 bits per heavy atom. The van der Waals surface area contributed by atoms with Crippen molar-refractivity contribution in [1.82, 2.24) is 10.9 Å². The van der Waals surface area contributed by atoms with Gasteiger partial charge in [-0.3, -0.25) is 9.59 Å². The van der Waals surface area contributed by atoms with Gasteiger partial charge in [0.2, 0.25) is 11.8 Å². The van der Waals surface area contributed by atoms with Crippen LogP contribution >= 0.6 is 0 Å². The van der Waals surface area contributed by atoms with Crippen molar-refractivity contribution in [2.24, 2.45) is 10.2 Å². The Bertz CT molecular complexity index is 1470. The van der Waals surface area contributed by atoms with Crippen molar-refractivity contribution < 1.29 is 28.7 Å². The molecule has 0 heterocycles. The molecule has 0 saturated heterocycles. The van der Waals surface area contributed by atoms with Crippen LogP contribution in [0.3, 0.4) is 0 Å². The fourth-order valence-corrected chi connectivity index (χ4v) is 3.40. The van der Waals surface area contributed by atoms with Crippen LogP contribution in [0.4, 0.5) is 0 Å². The maximum Gasteiger partial charge on any atom is 0.343 e. The number of carbonyl (C=O) groups is 4. The summed E-state index contributed by atoms with van der Waals surface area (Å²) < 4.78 is 10.9. The Labute approximate surface area is 235 Å². The summed E-state index contributed by atoms with van der Waals surface area (Å²) in [5.41, 5.74) is 6.16. The zero-order chi connectivity index (χ0) is 28.9. The van der Waals surface area contributed by atoms with Crippen LogP contribution in [0, 0.1) is 0 Å². The van der Waals surface area contributed by atoms with Crippen molar-refractivity contribution in [3.63, 3.8) is 0 Å². The summed E-state index contributed by atoms with van der Waals surface area (Å²) in [6.45, 7) is 0. The van der Waals surface area contributed by atoms with E-state index in [0.717, 1.165) is 0 Å². The van der Waals surface area contributed by atoms with Gasteiger partial charge in [-0.05, 0) is 48.5 Å². The minimum atomic E-state index is -0.690. The predicted octanol–water partition coefficient (Wildman–Crippen LogP) is 4.12. The molecule has 0 aliphatic carbocycles. The van der Waals surface area contributed by atoms with E-state index >= 15 is 0 Å².